The number of aromatic hydroxyl groups is 1. The van der Waals surface area contributed by atoms with Gasteiger partial charge in [0.1, 0.15) is 5.75 Å². The second-order valence-corrected chi connectivity index (χ2v) is 4.09. The molecular formula is C12H17NO2. The van der Waals surface area contributed by atoms with Crippen molar-refractivity contribution in [1.29, 1.82) is 0 Å². The maximum Gasteiger partial charge on any atom is 0.119 e. The first-order valence-corrected chi connectivity index (χ1v) is 5.44. The Kier molecular flexibility index (Phi) is 3.23. The first-order valence-electron chi connectivity index (χ1n) is 5.44. The molecule has 0 spiro atoms. The number of aliphatic hydroxyl groups is 1. The first kappa shape index (κ1) is 10.5. The molecule has 1 aliphatic rings. The Balaban J connectivity index is 2.24. The molecule has 1 unspecified atom stereocenters. The van der Waals surface area contributed by atoms with Crippen LogP contribution in [-0.4, -0.2) is 23.3 Å². The SMILES string of the molecule is OCc1ccc(O)c(C2CCCNC2)c1. The molecule has 3 N–H and O–H groups in total. The number of rotatable bonds is 2. The maximum atomic E-state index is 9.77. The summed E-state index contributed by atoms with van der Waals surface area (Å²) in [6.07, 6.45) is 2.25. The van der Waals surface area contributed by atoms with Crippen LogP contribution >= 0.6 is 0 Å². The van der Waals surface area contributed by atoms with E-state index >= 15 is 0 Å². The topological polar surface area (TPSA) is 52.5 Å². The Labute approximate surface area is 89.8 Å². The lowest BCUT2D eigenvalue weighted by molar-refractivity contribution is 0.281. The van der Waals surface area contributed by atoms with Crippen molar-refractivity contribution in [3.63, 3.8) is 0 Å². The quantitative estimate of drug-likeness (QED) is 0.686. The highest BCUT2D eigenvalue weighted by Gasteiger charge is 2.18. The van der Waals surface area contributed by atoms with Gasteiger partial charge in [-0.05, 0) is 42.6 Å². The molecule has 1 fully saturated rings. The molecule has 3 heteroatoms. The predicted molar refractivity (Wildman–Crippen MR) is 58.9 cm³/mol. The van der Waals surface area contributed by atoms with E-state index in [0.29, 0.717) is 11.7 Å². The fourth-order valence-corrected chi connectivity index (χ4v) is 2.15. The second kappa shape index (κ2) is 4.64. The van der Waals surface area contributed by atoms with E-state index in [1.807, 2.05) is 6.07 Å². The zero-order valence-corrected chi connectivity index (χ0v) is 8.74. The third-order valence-electron chi connectivity index (χ3n) is 3.01. The Morgan fingerprint density at radius 2 is 2.27 bits per heavy atom. The Hall–Kier alpha value is -1.06. The molecule has 2 rings (SSSR count). The van der Waals surface area contributed by atoms with Gasteiger partial charge in [0, 0.05) is 12.5 Å². The third-order valence-corrected chi connectivity index (χ3v) is 3.01. The van der Waals surface area contributed by atoms with Crippen molar-refractivity contribution in [3.8, 4) is 5.75 Å². The number of aliphatic hydroxyl groups excluding tert-OH is 1. The van der Waals surface area contributed by atoms with E-state index in [2.05, 4.69) is 5.32 Å². The Bertz CT molecular complexity index is 332. The van der Waals surface area contributed by atoms with Crippen LogP contribution in [0.4, 0.5) is 0 Å². The van der Waals surface area contributed by atoms with E-state index in [4.69, 9.17) is 5.11 Å². The number of hydrogen-bond acceptors (Lipinski definition) is 3. The van der Waals surface area contributed by atoms with E-state index in [1.54, 1.807) is 12.1 Å². The maximum absolute atomic E-state index is 9.77. The molecule has 0 amide bonds. The summed E-state index contributed by atoms with van der Waals surface area (Å²) in [5.74, 6) is 0.728. The van der Waals surface area contributed by atoms with Crippen LogP contribution in [0.3, 0.4) is 0 Å². The summed E-state index contributed by atoms with van der Waals surface area (Å²) in [7, 11) is 0. The molecule has 0 saturated carbocycles. The molecule has 1 aromatic carbocycles. The molecule has 0 radical (unpaired) electrons. The van der Waals surface area contributed by atoms with E-state index in [-0.39, 0.29) is 6.61 Å². The number of hydrogen-bond donors (Lipinski definition) is 3. The lowest BCUT2D eigenvalue weighted by Gasteiger charge is -2.24. The molecule has 1 heterocycles. The molecule has 1 aliphatic heterocycles. The van der Waals surface area contributed by atoms with E-state index < -0.39 is 0 Å². The number of phenolic OH excluding ortho intramolecular Hbond substituents is 1. The molecule has 0 aliphatic carbocycles. The van der Waals surface area contributed by atoms with Crippen molar-refractivity contribution in [2.75, 3.05) is 13.1 Å². The van der Waals surface area contributed by atoms with Crippen LogP contribution in [-0.2, 0) is 6.61 Å². The van der Waals surface area contributed by atoms with E-state index in [0.717, 1.165) is 37.1 Å². The summed E-state index contributed by atoms with van der Waals surface area (Å²) >= 11 is 0. The summed E-state index contributed by atoms with van der Waals surface area (Å²) in [6, 6.07) is 5.34. The van der Waals surface area contributed by atoms with Crippen LogP contribution < -0.4 is 5.32 Å². The largest absolute Gasteiger partial charge is 0.508 e. The summed E-state index contributed by atoms with van der Waals surface area (Å²) < 4.78 is 0. The highest BCUT2D eigenvalue weighted by atomic mass is 16.3. The zero-order valence-electron chi connectivity index (χ0n) is 8.74. The van der Waals surface area contributed by atoms with Crippen molar-refractivity contribution in [2.45, 2.75) is 25.4 Å². The van der Waals surface area contributed by atoms with Gasteiger partial charge in [0.15, 0.2) is 0 Å². The Morgan fingerprint density at radius 1 is 1.40 bits per heavy atom. The highest BCUT2D eigenvalue weighted by molar-refractivity contribution is 5.39. The molecule has 0 bridgehead atoms. The minimum Gasteiger partial charge on any atom is -0.508 e. The molecule has 15 heavy (non-hydrogen) atoms. The van der Waals surface area contributed by atoms with Crippen molar-refractivity contribution in [3.05, 3.63) is 29.3 Å². The van der Waals surface area contributed by atoms with E-state index in [1.165, 1.54) is 0 Å². The third kappa shape index (κ3) is 2.30. The van der Waals surface area contributed by atoms with Gasteiger partial charge >= 0.3 is 0 Å². The minimum absolute atomic E-state index is 0.0351. The van der Waals surface area contributed by atoms with Crippen LogP contribution in [0.25, 0.3) is 0 Å². The van der Waals surface area contributed by atoms with Gasteiger partial charge in [0.2, 0.25) is 0 Å². The molecule has 1 aromatic rings. The van der Waals surface area contributed by atoms with Crippen LogP contribution in [0, 0.1) is 0 Å². The van der Waals surface area contributed by atoms with Gasteiger partial charge in [-0.15, -0.1) is 0 Å². The van der Waals surface area contributed by atoms with Crippen molar-refractivity contribution in [1.82, 2.24) is 5.32 Å². The van der Waals surface area contributed by atoms with Crippen molar-refractivity contribution in [2.24, 2.45) is 0 Å². The molecule has 1 atom stereocenters. The van der Waals surface area contributed by atoms with Gasteiger partial charge < -0.3 is 15.5 Å². The lowest BCUT2D eigenvalue weighted by Crippen LogP contribution is -2.28. The summed E-state index contributed by atoms with van der Waals surface area (Å²) in [4.78, 5) is 0. The minimum atomic E-state index is 0.0351. The number of benzene rings is 1. The summed E-state index contributed by atoms with van der Waals surface area (Å²) in [6.45, 7) is 2.02. The molecule has 0 aromatic heterocycles. The molecule has 3 nitrogen and oxygen atoms in total. The normalized spacial score (nSPS) is 21.5. The smallest absolute Gasteiger partial charge is 0.119 e. The Morgan fingerprint density at radius 3 is 2.93 bits per heavy atom. The average molecular weight is 207 g/mol. The van der Waals surface area contributed by atoms with Crippen LogP contribution in [0.1, 0.15) is 29.9 Å². The van der Waals surface area contributed by atoms with Gasteiger partial charge in [-0.25, -0.2) is 0 Å². The summed E-state index contributed by atoms with van der Waals surface area (Å²) in [5.41, 5.74) is 1.84. The lowest BCUT2D eigenvalue weighted by atomic mass is 9.90. The van der Waals surface area contributed by atoms with Crippen LogP contribution in [0.5, 0.6) is 5.75 Å². The van der Waals surface area contributed by atoms with Gasteiger partial charge in [-0.1, -0.05) is 6.07 Å². The van der Waals surface area contributed by atoms with E-state index in [9.17, 15) is 5.11 Å². The molecular weight excluding hydrogens is 190 g/mol. The fraction of sp³-hybridized carbons (Fsp3) is 0.500. The van der Waals surface area contributed by atoms with Gasteiger partial charge in [0.05, 0.1) is 6.61 Å². The number of nitrogens with one attached hydrogen (secondary N) is 1. The molecule has 1 saturated heterocycles. The summed E-state index contributed by atoms with van der Waals surface area (Å²) in [5, 5.41) is 22.2. The monoisotopic (exact) mass is 207 g/mol. The van der Waals surface area contributed by atoms with Crippen molar-refractivity contribution < 1.29 is 10.2 Å². The average Bonchev–Trinajstić information content (AvgIpc) is 2.31. The molecule has 82 valence electrons. The predicted octanol–water partition coefficient (Wildman–Crippen LogP) is 1.35. The number of phenols is 1. The van der Waals surface area contributed by atoms with Gasteiger partial charge in [-0.2, -0.15) is 0 Å². The van der Waals surface area contributed by atoms with Gasteiger partial charge in [0.25, 0.3) is 0 Å². The van der Waals surface area contributed by atoms with Crippen LogP contribution in [0.2, 0.25) is 0 Å². The second-order valence-electron chi connectivity index (χ2n) is 4.09. The van der Waals surface area contributed by atoms with Gasteiger partial charge in [-0.3, -0.25) is 0 Å². The van der Waals surface area contributed by atoms with Crippen LogP contribution in [0.15, 0.2) is 18.2 Å². The standard InChI is InChI=1S/C12H17NO2/c14-8-9-3-4-12(15)11(6-9)10-2-1-5-13-7-10/h3-4,6,10,13-15H,1-2,5,7-8H2. The first-order chi connectivity index (χ1) is 7.31. The highest BCUT2D eigenvalue weighted by Crippen LogP contribution is 2.31. The number of piperidine rings is 1. The van der Waals surface area contributed by atoms with Crippen molar-refractivity contribution >= 4 is 0 Å². The zero-order chi connectivity index (χ0) is 10.7. The fourth-order valence-electron chi connectivity index (χ4n) is 2.15.